The quantitative estimate of drug-likeness (QED) is 0.453. The summed E-state index contributed by atoms with van der Waals surface area (Å²) in [4.78, 5) is 18.7. The number of pyridine rings is 1. The van der Waals surface area contributed by atoms with Crippen molar-refractivity contribution in [1.29, 1.82) is 5.26 Å². The van der Waals surface area contributed by atoms with Crippen molar-refractivity contribution in [3.05, 3.63) is 94.7 Å². The number of alkyl halides is 3. The van der Waals surface area contributed by atoms with E-state index in [0.717, 1.165) is 29.0 Å². The van der Waals surface area contributed by atoms with Crippen LogP contribution in [0.1, 0.15) is 34.0 Å². The van der Waals surface area contributed by atoms with Gasteiger partial charge < -0.3 is 4.90 Å². The molecule has 0 bridgehead atoms. The summed E-state index contributed by atoms with van der Waals surface area (Å²) in [6.07, 6.45) is -4.68. The number of benzene rings is 2. The third kappa shape index (κ3) is 5.29. The lowest BCUT2D eigenvalue weighted by Gasteiger charge is -2.29. The molecule has 0 N–H and O–H groups in total. The van der Waals surface area contributed by atoms with Crippen molar-refractivity contribution in [1.82, 2.24) is 9.88 Å². The van der Waals surface area contributed by atoms with Crippen LogP contribution < -0.4 is 0 Å². The van der Waals surface area contributed by atoms with Crippen LogP contribution in [0.2, 0.25) is 0 Å². The van der Waals surface area contributed by atoms with Crippen LogP contribution in [0.3, 0.4) is 0 Å². The fourth-order valence-corrected chi connectivity index (χ4v) is 4.34. The van der Waals surface area contributed by atoms with Gasteiger partial charge in [-0.3, -0.25) is 4.79 Å². The second kappa shape index (κ2) is 9.88. The van der Waals surface area contributed by atoms with Gasteiger partial charge in [0.15, 0.2) is 0 Å². The Balaban J connectivity index is 1.87. The Kier molecular flexibility index (Phi) is 7.21. The first-order valence-corrected chi connectivity index (χ1v) is 10.7. The van der Waals surface area contributed by atoms with E-state index < -0.39 is 17.3 Å². The highest BCUT2D eigenvalue weighted by Gasteiger charge is 2.36. The average molecular weight is 456 g/mol. The first-order chi connectivity index (χ1) is 15.2. The predicted molar refractivity (Wildman–Crippen MR) is 117 cm³/mol. The summed E-state index contributed by atoms with van der Waals surface area (Å²) < 4.78 is 40.0. The molecule has 0 radical (unpaired) electrons. The van der Waals surface area contributed by atoms with E-state index in [-0.39, 0.29) is 28.4 Å². The van der Waals surface area contributed by atoms with E-state index >= 15 is 0 Å². The van der Waals surface area contributed by atoms with Gasteiger partial charge in [-0.05, 0) is 24.1 Å². The molecular formula is C24H20F3N3OS. The number of aryl methyl sites for hydroxylation is 1. The summed E-state index contributed by atoms with van der Waals surface area (Å²) in [6.45, 7) is 1.43. The number of aromatic nitrogens is 1. The molecule has 3 rings (SSSR count). The topological polar surface area (TPSA) is 57.0 Å². The first-order valence-electron chi connectivity index (χ1n) is 9.69. The second-order valence-electron chi connectivity index (χ2n) is 7.12. The zero-order chi connectivity index (χ0) is 23.3. The molecule has 0 aliphatic heterocycles. The smallest absolute Gasteiger partial charge is 0.334 e. The standard InChI is InChI=1S/C24H20F3N3OS/c1-16-13-20(24(25,26)27)19(14-28)23(29-16)32-15-21(31)30(2)22(17-9-5-3-6-10-17)18-11-7-4-8-12-18/h3-13,22H,15H2,1-2H3. The maximum atomic E-state index is 13.3. The van der Waals surface area contributed by atoms with Crippen LogP contribution in [0.4, 0.5) is 13.2 Å². The molecule has 2 aromatic carbocycles. The molecule has 0 aliphatic rings. The highest BCUT2D eigenvalue weighted by molar-refractivity contribution is 8.00. The van der Waals surface area contributed by atoms with Crippen LogP contribution >= 0.6 is 11.8 Å². The molecule has 0 aliphatic carbocycles. The number of amides is 1. The van der Waals surface area contributed by atoms with E-state index in [0.29, 0.717) is 0 Å². The lowest BCUT2D eigenvalue weighted by atomic mass is 9.97. The molecule has 32 heavy (non-hydrogen) atoms. The van der Waals surface area contributed by atoms with Gasteiger partial charge in [0.2, 0.25) is 5.91 Å². The molecule has 8 heteroatoms. The van der Waals surface area contributed by atoms with Crippen molar-refractivity contribution < 1.29 is 18.0 Å². The van der Waals surface area contributed by atoms with Crippen molar-refractivity contribution in [2.75, 3.05) is 12.8 Å². The SMILES string of the molecule is Cc1cc(C(F)(F)F)c(C#N)c(SCC(=O)N(C)C(c2ccccc2)c2ccccc2)n1. The van der Waals surface area contributed by atoms with Gasteiger partial charge in [-0.1, -0.05) is 72.4 Å². The summed E-state index contributed by atoms with van der Waals surface area (Å²) in [5, 5.41) is 9.22. The number of carbonyl (C=O) groups is 1. The zero-order valence-corrected chi connectivity index (χ0v) is 18.2. The van der Waals surface area contributed by atoms with Gasteiger partial charge in [0.05, 0.1) is 22.9 Å². The molecule has 1 aromatic heterocycles. The summed E-state index contributed by atoms with van der Waals surface area (Å²) >= 11 is 0.835. The Morgan fingerprint density at radius 1 is 1.09 bits per heavy atom. The molecular weight excluding hydrogens is 435 g/mol. The number of nitriles is 1. The van der Waals surface area contributed by atoms with Crippen molar-refractivity contribution in [2.24, 2.45) is 0 Å². The average Bonchev–Trinajstić information content (AvgIpc) is 2.78. The predicted octanol–water partition coefficient (Wildman–Crippen LogP) is 5.62. The summed E-state index contributed by atoms with van der Waals surface area (Å²) in [5.74, 6) is -0.455. The Bertz CT molecular complexity index is 1090. The molecule has 0 fully saturated rings. The highest BCUT2D eigenvalue weighted by atomic mass is 32.2. The minimum atomic E-state index is -4.68. The van der Waals surface area contributed by atoms with Crippen LogP contribution in [0.5, 0.6) is 0 Å². The van der Waals surface area contributed by atoms with E-state index in [9.17, 15) is 23.2 Å². The molecule has 164 valence electrons. The van der Waals surface area contributed by atoms with Crippen LogP contribution in [0.15, 0.2) is 71.8 Å². The number of hydrogen-bond acceptors (Lipinski definition) is 4. The molecule has 0 saturated carbocycles. The highest BCUT2D eigenvalue weighted by Crippen LogP contribution is 2.36. The lowest BCUT2D eigenvalue weighted by molar-refractivity contribution is -0.138. The summed E-state index contributed by atoms with van der Waals surface area (Å²) in [5.41, 5.74) is 0.343. The minimum Gasteiger partial charge on any atom is -0.334 e. The van der Waals surface area contributed by atoms with E-state index in [2.05, 4.69) is 4.98 Å². The molecule has 4 nitrogen and oxygen atoms in total. The van der Waals surface area contributed by atoms with Gasteiger partial charge in [0.25, 0.3) is 0 Å². The Labute approximate surface area is 188 Å². The summed E-state index contributed by atoms with van der Waals surface area (Å²) in [6, 6.07) is 21.0. The van der Waals surface area contributed by atoms with Crippen molar-refractivity contribution in [3.8, 4) is 6.07 Å². The lowest BCUT2D eigenvalue weighted by Crippen LogP contribution is -2.33. The van der Waals surface area contributed by atoms with Crippen LogP contribution in [0, 0.1) is 18.3 Å². The Hall–Kier alpha value is -3.31. The molecule has 0 spiro atoms. The molecule has 0 saturated heterocycles. The number of halogens is 3. The normalized spacial score (nSPS) is 11.3. The van der Waals surface area contributed by atoms with Crippen molar-refractivity contribution >= 4 is 17.7 Å². The van der Waals surface area contributed by atoms with Gasteiger partial charge in [-0.25, -0.2) is 4.98 Å². The van der Waals surface area contributed by atoms with Gasteiger partial charge in [-0.2, -0.15) is 18.4 Å². The summed E-state index contributed by atoms with van der Waals surface area (Å²) in [7, 11) is 1.66. The number of nitrogens with zero attached hydrogens (tertiary/aromatic N) is 3. The molecule has 0 atom stereocenters. The first kappa shape index (κ1) is 23.4. The molecule has 1 amide bonds. The minimum absolute atomic E-state index is 0.0995. The Morgan fingerprint density at radius 3 is 2.09 bits per heavy atom. The largest absolute Gasteiger partial charge is 0.417 e. The third-order valence-electron chi connectivity index (χ3n) is 4.88. The number of rotatable bonds is 6. The van der Waals surface area contributed by atoms with E-state index in [1.54, 1.807) is 18.0 Å². The van der Waals surface area contributed by atoms with E-state index in [4.69, 9.17) is 0 Å². The number of hydrogen-bond donors (Lipinski definition) is 0. The maximum Gasteiger partial charge on any atom is 0.417 e. The van der Waals surface area contributed by atoms with Crippen molar-refractivity contribution in [3.63, 3.8) is 0 Å². The van der Waals surface area contributed by atoms with Crippen LogP contribution in [0.25, 0.3) is 0 Å². The number of thioether (sulfide) groups is 1. The monoisotopic (exact) mass is 455 g/mol. The Morgan fingerprint density at radius 2 is 1.62 bits per heavy atom. The van der Waals surface area contributed by atoms with Gasteiger partial charge in [0.1, 0.15) is 11.1 Å². The van der Waals surface area contributed by atoms with Gasteiger partial charge in [-0.15, -0.1) is 0 Å². The van der Waals surface area contributed by atoms with E-state index in [1.165, 1.54) is 6.92 Å². The molecule has 1 heterocycles. The fraction of sp³-hybridized carbons (Fsp3) is 0.208. The third-order valence-corrected chi connectivity index (χ3v) is 5.84. The van der Waals surface area contributed by atoms with Crippen LogP contribution in [-0.2, 0) is 11.0 Å². The van der Waals surface area contributed by atoms with Crippen LogP contribution in [-0.4, -0.2) is 28.6 Å². The molecule has 0 unspecified atom stereocenters. The van der Waals surface area contributed by atoms with Crippen molar-refractivity contribution in [2.45, 2.75) is 24.2 Å². The van der Waals surface area contributed by atoms with Gasteiger partial charge in [0, 0.05) is 12.7 Å². The molecule has 3 aromatic rings. The van der Waals surface area contributed by atoms with E-state index in [1.807, 2.05) is 60.7 Å². The fourth-order valence-electron chi connectivity index (χ4n) is 3.37. The zero-order valence-electron chi connectivity index (χ0n) is 17.4. The number of carbonyl (C=O) groups excluding carboxylic acids is 1. The maximum absolute atomic E-state index is 13.3. The second-order valence-corrected chi connectivity index (χ2v) is 8.08. The van der Waals surface area contributed by atoms with Gasteiger partial charge >= 0.3 is 6.18 Å².